The van der Waals surface area contributed by atoms with Crippen LogP contribution in [0, 0.1) is 5.41 Å². The Kier molecular flexibility index (Phi) is 4.03. The third kappa shape index (κ3) is 4.74. The fourth-order valence-corrected chi connectivity index (χ4v) is 1.62. The molecule has 1 N–H and O–H groups in total. The predicted octanol–water partition coefficient (Wildman–Crippen LogP) is 1.48. The van der Waals surface area contributed by atoms with E-state index in [0.29, 0.717) is 5.95 Å². The summed E-state index contributed by atoms with van der Waals surface area (Å²) in [5.74, 6) is 0.698. The third-order valence-corrected chi connectivity index (χ3v) is 2.04. The second kappa shape index (κ2) is 5.07. The molecular formula is C11H20N4. The van der Waals surface area contributed by atoms with E-state index in [1.165, 1.54) is 0 Å². The molecule has 1 aromatic heterocycles. The van der Waals surface area contributed by atoms with Crippen LogP contribution in [0.5, 0.6) is 0 Å². The molecule has 0 atom stereocenters. The quantitative estimate of drug-likeness (QED) is 0.795. The first-order chi connectivity index (χ1) is 6.99. The van der Waals surface area contributed by atoms with Crippen molar-refractivity contribution in [2.75, 3.05) is 32.5 Å². The number of hydrogen-bond acceptors (Lipinski definition) is 4. The summed E-state index contributed by atoms with van der Waals surface area (Å²) in [6, 6.07) is 1.82. The zero-order valence-electron chi connectivity index (χ0n) is 9.99. The van der Waals surface area contributed by atoms with Crippen molar-refractivity contribution in [3.05, 3.63) is 18.5 Å². The van der Waals surface area contributed by atoms with Crippen molar-refractivity contribution in [3.8, 4) is 0 Å². The molecule has 0 aliphatic heterocycles. The summed E-state index contributed by atoms with van der Waals surface area (Å²) in [4.78, 5) is 10.4. The topological polar surface area (TPSA) is 41.0 Å². The molecule has 0 amide bonds. The maximum Gasteiger partial charge on any atom is 0.222 e. The molecule has 1 rings (SSSR count). The Bertz CT molecular complexity index is 282. The van der Waals surface area contributed by atoms with Crippen molar-refractivity contribution in [1.82, 2.24) is 14.9 Å². The van der Waals surface area contributed by atoms with Crippen LogP contribution in [-0.4, -0.2) is 42.1 Å². The Hall–Kier alpha value is -1.16. The molecule has 0 spiro atoms. The maximum atomic E-state index is 4.13. The van der Waals surface area contributed by atoms with Crippen LogP contribution >= 0.6 is 0 Å². The largest absolute Gasteiger partial charge is 0.354 e. The van der Waals surface area contributed by atoms with Gasteiger partial charge in [0.2, 0.25) is 5.95 Å². The molecule has 0 unspecified atom stereocenters. The van der Waals surface area contributed by atoms with E-state index in [4.69, 9.17) is 0 Å². The zero-order valence-corrected chi connectivity index (χ0v) is 9.99. The van der Waals surface area contributed by atoms with Crippen LogP contribution in [0.25, 0.3) is 0 Å². The van der Waals surface area contributed by atoms with E-state index >= 15 is 0 Å². The van der Waals surface area contributed by atoms with Crippen molar-refractivity contribution in [3.63, 3.8) is 0 Å². The van der Waals surface area contributed by atoms with Crippen molar-refractivity contribution in [1.29, 1.82) is 0 Å². The molecule has 84 valence electrons. The highest BCUT2D eigenvalue weighted by Gasteiger charge is 2.18. The van der Waals surface area contributed by atoms with Gasteiger partial charge in [0.1, 0.15) is 0 Å². The highest BCUT2D eigenvalue weighted by Crippen LogP contribution is 2.15. The van der Waals surface area contributed by atoms with Gasteiger partial charge in [-0.1, -0.05) is 13.8 Å². The van der Waals surface area contributed by atoms with Crippen LogP contribution in [-0.2, 0) is 0 Å². The molecule has 0 saturated heterocycles. The monoisotopic (exact) mass is 208 g/mol. The smallest absolute Gasteiger partial charge is 0.222 e. The normalized spacial score (nSPS) is 11.8. The minimum Gasteiger partial charge on any atom is -0.354 e. The number of rotatable bonds is 5. The van der Waals surface area contributed by atoms with Gasteiger partial charge in [-0.3, -0.25) is 0 Å². The summed E-state index contributed by atoms with van der Waals surface area (Å²) in [5.41, 5.74) is 0.211. The van der Waals surface area contributed by atoms with Gasteiger partial charge in [0.25, 0.3) is 0 Å². The number of nitrogens with one attached hydrogen (secondary N) is 1. The fraction of sp³-hybridized carbons (Fsp3) is 0.636. The van der Waals surface area contributed by atoms with Crippen LogP contribution in [0.4, 0.5) is 5.95 Å². The first-order valence-corrected chi connectivity index (χ1v) is 5.15. The van der Waals surface area contributed by atoms with Crippen molar-refractivity contribution >= 4 is 5.95 Å². The Labute approximate surface area is 91.7 Å². The number of aromatic nitrogens is 2. The van der Waals surface area contributed by atoms with Crippen LogP contribution < -0.4 is 5.32 Å². The molecule has 15 heavy (non-hydrogen) atoms. The summed E-state index contributed by atoms with van der Waals surface area (Å²) >= 11 is 0. The Morgan fingerprint density at radius 3 is 2.40 bits per heavy atom. The van der Waals surface area contributed by atoms with Crippen molar-refractivity contribution in [2.45, 2.75) is 13.8 Å². The molecule has 0 aliphatic carbocycles. The number of hydrogen-bond donors (Lipinski definition) is 1. The van der Waals surface area contributed by atoms with Crippen LogP contribution in [0.2, 0.25) is 0 Å². The van der Waals surface area contributed by atoms with Crippen LogP contribution in [0.1, 0.15) is 13.8 Å². The highest BCUT2D eigenvalue weighted by atomic mass is 15.1. The van der Waals surface area contributed by atoms with E-state index in [9.17, 15) is 0 Å². The average Bonchev–Trinajstić information content (AvgIpc) is 2.15. The minimum absolute atomic E-state index is 0.211. The first kappa shape index (κ1) is 11.9. The van der Waals surface area contributed by atoms with Gasteiger partial charge >= 0.3 is 0 Å². The second-order valence-electron chi connectivity index (χ2n) is 4.83. The number of nitrogens with zero attached hydrogens (tertiary/aromatic N) is 3. The SMILES string of the molecule is CN(C)CC(C)(C)CNc1ncccn1. The molecule has 4 nitrogen and oxygen atoms in total. The molecule has 0 aromatic carbocycles. The van der Waals surface area contributed by atoms with Gasteiger partial charge in [0, 0.05) is 25.5 Å². The lowest BCUT2D eigenvalue weighted by atomic mass is 9.93. The third-order valence-electron chi connectivity index (χ3n) is 2.04. The van der Waals surface area contributed by atoms with E-state index < -0.39 is 0 Å². The molecule has 4 heteroatoms. The summed E-state index contributed by atoms with van der Waals surface area (Å²) < 4.78 is 0. The van der Waals surface area contributed by atoms with Crippen LogP contribution in [0.3, 0.4) is 0 Å². The van der Waals surface area contributed by atoms with Gasteiger partial charge in [-0.05, 0) is 25.6 Å². The zero-order chi connectivity index (χ0) is 11.3. The fourth-order valence-electron chi connectivity index (χ4n) is 1.62. The first-order valence-electron chi connectivity index (χ1n) is 5.15. The highest BCUT2D eigenvalue weighted by molar-refractivity contribution is 5.22. The average molecular weight is 208 g/mol. The van der Waals surface area contributed by atoms with E-state index in [2.05, 4.69) is 48.1 Å². The van der Waals surface area contributed by atoms with E-state index in [1.807, 2.05) is 6.07 Å². The Balaban J connectivity index is 2.42. The number of anilines is 1. The molecule has 0 radical (unpaired) electrons. The maximum absolute atomic E-state index is 4.13. The Morgan fingerprint density at radius 1 is 1.27 bits per heavy atom. The lowest BCUT2D eigenvalue weighted by Crippen LogP contribution is -2.34. The van der Waals surface area contributed by atoms with Gasteiger partial charge < -0.3 is 10.2 Å². The molecule has 0 aliphatic rings. The van der Waals surface area contributed by atoms with E-state index in [-0.39, 0.29) is 5.41 Å². The van der Waals surface area contributed by atoms with E-state index in [1.54, 1.807) is 12.4 Å². The van der Waals surface area contributed by atoms with Gasteiger partial charge in [-0.15, -0.1) is 0 Å². The lowest BCUT2D eigenvalue weighted by molar-refractivity contribution is 0.254. The summed E-state index contributed by atoms with van der Waals surface area (Å²) in [7, 11) is 4.17. The van der Waals surface area contributed by atoms with Gasteiger partial charge in [-0.2, -0.15) is 0 Å². The lowest BCUT2D eigenvalue weighted by Gasteiger charge is -2.28. The molecule has 1 aromatic rings. The second-order valence-corrected chi connectivity index (χ2v) is 4.83. The summed E-state index contributed by atoms with van der Waals surface area (Å²) in [6.45, 7) is 6.36. The van der Waals surface area contributed by atoms with Crippen molar-refractivity contribution < 1.29 is 0 Å². The molecular weight excluding hydrogens is 188 g/mol. The van der Waals surface area contributed by atoms with E-state index in [0.717, 1.165) is 13.1 Å². The van der Waals surface area contributed by atoms with Gasteiger partial charge in [0.05, 0.1) is 0 Å². The summed E-state index contributed by atoms with van der Waals surface area (Å²) in [5, 5.41) is 3.24. The van der Waals surface area contributed by atoms with Gasteiger partial charge in [-0.25, -0.2) is 9.97 Å². The standard InChI is InChI=1S/C11H20N4/c1-11(2,9-15(3)4)8-14-10-12-6-5-7-13-10/h5-7H,8-9H2,1-4H3,(H,12,13,14). The van der Waals surface area contributed by atoms with Crippen molar-refractivity contribution in [2.24, 2.45) is 5.41 Å². The molecule has 0 bridgehead atoms. The Morgan fingerprint density at radius 2 is 1.87 bits per heavy atom. The minimum atomic E-state index is 0.211. The molecule has 0 fully saturated rings. The molecule has 1 heterocycles. The van der Waals surface area contributed by atoms with Gasteiger partial charge in [0.15, 0.2) is 0 Å². The predicted molar refractivity (Wildman–Crippen MR) is 62.9 cm³/mol. The van der Waals surface area contributed by atoms with Crippen LogP contribution in [0.15, 0.2) is 18.5 Å². The molecule has 0 saturated carbocycles. The summed E-state index contributed by atoms with van der Waals surface area (Å²) in [6.07, 6.45) is 3.49.